The van der Waals surface area contributed by atoms with E-state index in [1.165, 1.54) is 18.4 Å². The van der Waals surface area contributed by atoms with Gasteiger partial charge in [0.25, 0.3) is 11.8 Å². The molecule has 0 aliphatic heterocycles. The second-order valence-electron chi connectivity index (χ2n) is 6.15. The van der Waals surface area contributed by atoms with Gasteiger partial charge in [0.2, 0.25) is 0 Å². The van der Waals surface area contributed by atoms with Crippen molar-refractivity contribution in [3.05, 3.63) is 89.8 Å². The zero-order chi connectivity index (χ0) is 19.5. The molecule has 0 fully saturated rings. The number of furan rings is 1. The predicted molar refractivity (Wildman–Crippen MR) is 103 cm³/mol. The third-order valence-corrected chi connectivity index (χ3v) is 4.28. The summed E-state index contributed by atoms with van der Waals surface area (Å²) in [6.45, 7) is 0.232. The first-order valence-electron chi connectivity index (χ1n) is 8.60. The number of para-hydroxylation sites is 1. The van der Waals surface area contributed by atoms with Crippen LogP contribution in [0.25, 0.3) is 10.9 Å². The van der Waals surface area contributed by atoms with E-state index >= 15 is 0 Å². The van der Waals surface area contributed by atoms with Crippen LogP contribution in [0.4, 0.5) is 10.1 Å². The fourth-order valence-electron chi connectivity index (χ4n) is 2.90. The Morgan fingerprint density at radius 1 is 1.00 bits per heavy atom. The number of benzene rings is 2. The molecule has 140 valence electrons. The van der Waals surface area contributed by atoms with Gasteiger partial charge in [0.05, 0.1) is 24.1 Å². The molecule has 0 atom stereocenters. The minimum Gasteiger partial charge on any atom is -0.467 e. The van der Waals surface area contributed by atoms with Crippen LogP contribution in [0.3, 0.4) is 0 Å². The van der Waals surface area contributed by atoms with Crippen molar-refractivity contribution in [3.8, 4) is 0 Å². The number of hydrogen-bond donors (Lipinski definition) is 3. The quantitative estimate of drug-likeness (QED) is 0.490. The van der Waals surface area contributed by atoms with E-state index in [2.05, 4.69) is 15.6 Å². The normalized spacial score (nSPS) is 10.8. The number of carbonyl (C=O) groups excluding carboxylic acids is 2. The molecule has 0 aliphatic carbocycles. The molecular formula is C21H16FN3O3. The second-order valence-corrected chi connectivity index (χ2v) is 6.15. The third kappa shape index (κ3) is 3.50. The Morgan fingerprint density at radius 2 is 1.86 bits per heavy atom. The Hall–Kier alpha value is -3.87. The van der Waals surface area contributed by atoms with Gasteiger partial charge < -0.3 is 20.0 Å². The van der Waals surface area contributed by atoms with E-state index in [4.69, 9.17) is 4.42 Å². The lowest BCUT2D eigenvalue weighted by molar-refractivity contribution is 0.0949. The molecule has 0 unspecified atom stereocenters. The highest BCUT2D eigenvalue weighted by molar-refractivity contribution is 6.09. The molecule has 6 nitrogen and oxygen atoms in total. The van der Waals surface area contributed by atoms with E-state index in [9.17, 15) is 14.0 Å². The summed E-state index contributed by atoms with van der Waals surface area (Å²) in [5, 5.41) is 5.78. The van der Waals surface area contributed by atoms with Crippen LogP contribution in [0.15, 0.2) is 71.3 Å². The number of aromatic nitrogens is 1. The lowest BCUT2D eigenvalue weighted by Crippen LogP contribution is -2.24. The van der Waals surface area contributed by atoms with Crippen LogP contribution in [-0.2, 0) is 6.54 Å². The number of amides is 2. The Bertz CT molecular complexity index is 1150. The number of halogens is 1. The van der Waals surface area contributed by atoms with E-state index in [0.717, 1.165) is 0 Å². The summed E-state index contributed by atoms with van der Waals surface area (Å²) in [7, 11) is 0. The van der Waals surface area contributed by atoms with Crippen molar-refractivity contribution >= 4 is 28.4 Å². The number of carbonyl (C=O) groups is 2. The van der Waals surface area contributed by atoms with Crippen molar-refractivity contribution in [2.24, 2.45) is 0 Å². The molecule has 0 saturated carbocycles. The van der Waals surface area contributed by atoms with Crippen LogP contribution in [0.5, 0.6) is 0 Å². The summed E-state index contributed by atoms with van der Waals surface area (Å²) < 4.78 is 19.0. The highest BCUT2D eigenvalue weighted by atomic mass is 19.1. The molecule has 0 saturated heterocycles. The maximum atomic E-state index is 13.8. The van der Waals surface area contributed by atoms with Gasteiger partial charge in [-0.1, -0.05) is 18.2 Å². The molecule has 2 amide bonds. The minimum absolute atomic E-state index is 0.200. The van der Waals surface area contributed by atoms with Gasteiger partial charge in [-0.3, -0.25) is 9.59 Å². The zero-order valence-corrected chi connectivity index (χ0v) is 14.7. The maximum Gasteiger partial charge on any atom is 0.272 e. The third-order valence-electron chi connectivity index (χ3n) is 4.28. The van der Waals surface area contributed by atoms with Gasteiger partial charge in [-0.2, -0.15) is 0 Å². The van der Waals surface area contributed by atoms with Crippen molar-refractivity contribution < 1.29 is 18.4 Å². The van der Waals surface area contributed by atoms with Crippen LogP contribution in [-0.4, -0.2) is 16.8 Å². The van der Waals surface area contributed by atoms with E-state index in [-0.39, 0.29) is 18.1 Å². The average Bonchev–Trinajstić information content (AvgIpc) is 3.37. The smallest absolute Gasteiger partial charge is 0.272 e. The molecule has 0 bridgehead atoms. The van der Waals surface area contributed by atoms with Crippen LogP contribution in [0.2, 0.25) is 0 Å². The van der Waals surface area contributed by atoms with Gasteiger partial charge in [0.15, 0.2) is 0 Å². The Balaban J connectivity index is 1.53. The minimum atomic E-state index is -0.470. The van der Waals surface area contributed by atoms with Crippen LogP contribution < -0.4 is 10.6 Å². The van der Waals surface area contributed by atoms with E-state index in [1.54, 1.807) is 48.5 Å². The van der Waals surface area contributed by atoms with Gasteiger partial charge in [0, 0.05) is 10.9 Å². The molecule has 7 heteroatoms. The van der Waals surface area contributed by atoms with E-state index in [0.29, 0.717) is 27.9 Å². The molecule has 2 aromatic heterocycles. The molecule has 3 N–H and O–H groups in total. The SMILES string of the molecule is O=C(Nc1ccccc1C(=O)NCc1ccco1)c1cc2c(F)cccc2[nH]1. The van der Waals surface area contributed by atoms with Crippen LogP contribution in [0, 0.1) is 5.82 Å². The molecule has 2 aromatic carbocycles. The number of H-pyrrole nitrogens is 1. The highest BCUT2D eigenvalue weighted by Crippen LogP contribution is 2.21. The van der Waals surface area contributed by atoms with Crippen LogP contribution in [0.1, 0.15) is 26.6 Å². The number of rotatable bonds is 5. The monoisotopic (exact) mass is 377 g/mol. The number of nitrogens with one attached hydrogen (secondary N) is 3. The first-order valence-corrected chi connectivity index (χ1v) is 8.60. The van der Waals surface area contributed by atoms with Crippen molar-refractivity contribution in [3.63, 3.8) is 0 Å². The second kappa shape index (κ2) is 7.40. The van der Waals surface area contributed by atoms with Crippen molar-refractivity contribution in [2.45, 2.75) is 6.54 Å². The standard InChI is InChI=1S/C21H16FN3O3/c22-16-7-3-9-18-15(16)11-19(24-18)21(27)25-17-8-2-1-6-14(17)20(26)23-12-13-5-4-10-28-13/h1-11,24H,12H2,(H,23,26)(H,25,27). The number of fused-ring (bicyclic) bond motifs is 1. The highest BCUT2D eigenvalue weighted by Gasteiger charge is 2.16. The fraction of sp³-hybridized carbons (Fsp3) is 0.0476. The van der Waals surface area contributed by atoms with E-state index < -0.39 is 11.7 Å². The number of hydrogen-bond acceptors (Lipinski definition) is 3. The summed E-state index contributed by atoms with van der Waals surface area (Å²) in [5.41, 5.74) is 1.38. The predicted octanol–water partition coefficient (Wildman–Crippen LogP) is 4.08. The number of aromatic amines is 1. The van der Waals surface area contributed by atoms with E-state index in [1.807, 2.05) is 0 Å². The van der Waals surface area contributed by atoms with Gasteiger partial charge in [-0.15, -0.1) is 0 Å². The topological polar surface area (TPSA) is 87.1 Å². The van der Waals surface area contributed by atoms with Gasteiger partial charge >= 0.3 is 0 Å². The van der Waals surface area contributed by atoms with Crippen LogP contribution >= 0.6 is 0 Å². The zero-order valence-electron chi connectivity index (χ0n) is 14.7. The molecule has 2 heterocycles. The fourth-order valence-corrected chi connectivity index (χ4v) is 2.90. The summed E-state index contributed by atoms with van der Waals surface area (Å²) >= 11 is 0. The van der Waals surface area contributed by atoms with Crippen molar-refractivity contribution in [1.29, 1.82) is 0 Å². The molecule has 28 heavy (non-hydrogen) atoms. The van der Waals surface area contributed by atoms with Gasteiger partial charge in [-0.25, -0.2) is 4.39 Å². The largest absolute Gasteiger partial charge is 0.467 e. The Kier molecular flexibility index (Phi) is 4.63. The molecule has 4 rings (SSSR count). The number of anilines is 1. The first-order chi connectivity index (χ1) is 13.6. The van der Waals surface area contributed by atoms with Crippen molar-refractivity contribution in [1.82, 2.24) is 10.3 Å². The molecule has 0 radical (unpaired) electrons. The van der Waals surface area contributed by atoms with Gasteiger partial charge in [0.1, 0.15) is 17.3 Å². The lowest BCUT2D eigenvalue weighted by Gasteiger charge is -2.10. The lowest BCUT2D eigenvalue weighted by atomic mass is 10.1. The summed E-state index contributed by atoms with van der Waals surface area (Å²) in [4.78, 5) is 28.0. The Labute approximate surface area is 159 Å². The summed E-state index contributed by atoms with van der Waals surface area (Å²) in [5.74, 6) is -0.614. The molecule has 0 spiro atoms. The first kappa shape index (κ1) is 17.5. The maximum absolute atomic E-state index is 13.8. The summed E-state index contributed by atoms with van der Waals surface area (Å²) in [6, 6.07) is 16.2. The molecule has 0 aliphatic rings. The average molecular weight is 377 g/mol. The molecule has 4 aromatic rings. The molecular weight excluding hydrogens is 361 g/mol. The van der Waals surface area contributed by atoms with Gasteiger partial charge in [-0.05, 0) is 42.5 Å². The Morgan fingerprint density at radius 3 is 2.64 bits per heavy atom. The summed E-state index contributed by atoms with van der Waals surface area (Å²) in [6.07, 6.45) is 1.53. The van der Waals surface area contributed by atoms with Crippen molar-refractivity contribution in [2.75, 3.05) is 5.32 Å².